The minimum atomic E-state index is -0.277. The molecule has 0 radical (unpaired) electrons. The Bertz CT molecular complexity index is 486. The van der Waals surface area contributed by atoms with Crippen LogP contribution in [0, 0.1) is 0 Å². The van der Waals surface area contributed by atoms with Gasteiger partial charge in [-0.25, -0.2) is 4.79 Å². The molecule has 0 N–H and O–H groups in total. The fourth-order valence-corrected chi connectivity index (χ4v) is 2.87. The average Bonchev–Trinajstić information content (AvgIpc) is 3.01. The third-order valence-electron chi connectivity index (χ3n) is 3.78. The first-order chi connectivity index (χ1) is 7.81. The number of nitrogens with zero attached hydrogens (tertiary/aromatic N) is 1. The predicted octanol–water partition coefficient (Wildman–Crippen LogP) is 1.49. The summed E-state index contributed by atoms with van der Waals surface area (Å²) in [5.74, 6) is 0. The summed E-state index contributed by atoms with van der Waals surface area (Å²) < 4.78 is 10.8. The van der Waals surface area contributed by atoms with Crippen LogP contribution in [0.4, 0.5) is 4.79 Å². The summed E-state index contributed by atoms with van der Waals surface area (Å²) in [6.07, 6.45) is -0.214. The molecule has 3 aliphatic rings. The zero-order chi connectivity index (χ0) is 10.8. The Balaban J connectivity index is 0.000000902. The number of hydrogen-bond acceptors (Lipinski definition) is 3. The zero-order valence-corrected chi connectivity index (χ0v) is 8.68. The second kappa shape index (κ2) is 2.58. The SMILES string of the molecule is O=C1OCC2N1Cc1ccccc1C21CO1.[HH]. The maximum Gasteiger partial charge on any atom is 0.410 e. The van der Waals surface area contributed by atoms with Crippen molar-refractivity contribution in [2.45, 2.75) is 18.2 Å². The summed E-state index contributed by atoms with van der Waals surface area (Å²) in [7, 11) is 0. The lowest BCUT2D eigenvalue weighted by Gasteiger charge is -2.33. The van der Waals surface area contributed by atoms with E-state index in [1.54, 1.807) is 4.90 Å². The van der Waals surface area contributed by atoms with Crippen LogP contribution in [0.5, 0.6) is 0 Å². The van der Waals surface area contributed by atoms with E-state index in [9.17, 15) is 4.79 Å². The summed E-state index contributed by atoms with van der Waals surface area (Å²) in [4.78, 5) is 13.4. The van der Waals surface area contributed by atoms with Gasteiger partial charge in [0.1, 0.15) is 18.2 Å². The van der Waals surface area contributed by atoms with Gasteiger partial charge >= 0.3 is 6.09 Å². The van der Waals surface area contributed by atoms with Crippen molar-refractivity contribution < 1.29 is 15.7 Å². The lowest BCUT2D eigenvalue weighted by molar-refractivity contribution is 0.133. The second-order valence-electron chi connectivity index (χ2n) is 4.56. The van der Waals surface area contributed by atoms with Crippen molar-refractivity contribution in [2.75, 3.05) is 13.2 Å². The molecule has 3 aliphatic heterocycles. The minimum absolute atomic E-state index is 0. The van der Waals surface area contributed by atoms with Gasteiger partial charge in [-0.15, -0.1) is 0 Å². The standard InChI is InChI=1S/C12H11NO3.H2/c14-11-13-5-8-3-1-2-4-9(8)12(7-16-12)10(13)6-15-11;/h1-4,10H,5-7H2;1H. The number of carbonyl (C=O) groups excluding carboxylic acids is 1. The highest BCUT2D eigenvalue weighted by molar-refractivity contribution is 5.71. The average molecular weight is 219 g/mol. The smallest absolute Gasteiger partial charge is 0.410 e. The van der Waals surface area contributed by atoms with Gasteiger partial charge in [0.15, 0.2) is 0 Å². The van der Waals surface area contributed by atoms with Crippen LogP contribution in [-0.4, -0.2) is 30.2 Å². The predicted molar refractivity (Wildman–Crippen MR) is 56.9 cm³/mol. The molecule has 0 bridgehead atoms. The largest absolute Gasteiger partial charge is 0.447 e. The van der Waals surface area contributed by atoms with Crippen LogP contribution in [0.3, 0.4) is 0 Å². The number of cyclic esters (lactones) is 1. The molecule has 2 fully saturated rings. The molecule has 84 valence electrons. The molecule has 2 unspecified atom stereocenters. The fraction of sp³-hybridized carbons (Fsp3) is 0.417. The topological polar surface area (TPSA) is 42.1 Å². The van der Waals surface area contributed by atoms with Gasteiger partial charge < -0.3 is 9.47 Å². The molecule has 2 saturated heterocycles. The van der Waals surface area contributed by atoms with Crippen molar-refractivity contribution >= 4 is 6.09 Å². The molecule has 3 heterocycles. The van der Waals surface area contributed by atoms with Crippen LogP contribution in [0.15, 0.2) is 24.3 Å². The molecule has 1 amide bonds. The number of rotatable bonds is 0. The molecular weight excluding hydrogens is 206 g/mol. The van der Waals surface area contributed by atoms with Crippen molar-refractivity contribution in [3.8, 4) is 0 Å². The summed E-state index contributed by atoms with van der Waals surface area (Å²) in [5.41, 5.74) is 2.13. The number of amides is 1. The Morgan fingerprint density at radius 3 is 3.06 bits per heavy atom. The number of carbonyl (C=O) groups is 1. The maximum absolute atomic E-state index is 11.6. The van der Waals surface area contributed by atoms with Gasteiger partial charge in [-0.3, -0.25) is 4.90 Å². The van der Waals surface area contributed by atoms with E-state index in [4.69, 9.17) is 9.47 Å². The van der Waals surface area contributed by atoms with E-state index in [2.05, 4.69) is 12.1 Å². The van der Waals surface area contributed by atoms with Gasteiger partial charge in [0.2, 0.25) is 0 Å². The van der Waals surface area contributed by atoms with Crippen LogP contribution < -0.4 is 0 Å². The van der Waals surface area contributed by atoms with Gasteiger partial charge in [0.05, 0.1) is 6.61 Å². The second-order valence-corrected chi connectivity index (χ2v) is 4.56. The summed E-state index contributed by atoms with van der Waals surface area (Å²) in [6.45, 7) is 1.79. The Morgan fingerprint density at radius 2 is 2.25 bits per heavy atom. The molecule has 1 aromatic carbocycles. The zero-order valence-electron chi connectivity index (χ0n) is 8.68. The quantitative estimate of drug-likeness (QED) is 0.621. The highest BCUT2D eigenvalue weighted by atomic mass is 16.6. The molecule has 4 nitrogen and oxygen atoms in total. The highest BCUT2D eigenvalue weighted by Gasteiger charge is 2.62. The number of ether oxygens (including phenoxy) is 2. The Labute approximate surface area is 94.2 Å². The lowest BCUT2D eigenvalue weighted by Crippen LogP contribution is -2.47. The number of hydrogen-bond donors (Lipinski definition) is 0. The van der Waals surface area contributed by atoms with Crippen LogP contribution in [0.1, 0.15) is 12.6 Å². The van der Waals surface area contributed by atoms with Crippen LogP contribution >= 0.6 is 0 Å². The van der Waals surface area contributed by atoms with Gasteiger partial charge in [0.25, 0.3) is 0 Å². The molecule has 1 spiro atoms. The summed E-state index contributed by atoms with van der Waals surface area (Å²) in [6, 6.07) is 8.24. The molecule has 16 heavy (non-hydrogen) atoms. The third-order valence-corrected chi connectivity index (χ3v) is 3.78. The van der Waals surface area contributed by atoms with Gasteiger partial charge in [-0.05, 0) is 11.1 Å². The minimum Gasteiger partial charge on any atom is -0.447 e. The monoisotopic (exact) mass is 219 g/mol. The first kappa shape index (κ1) is 8.58. The van der Waals surface area contributed by atoms with E-state index in [1.807, 2.05) is 12.1 Å². The van der Waals surface area contributed by atoms with Crippen LogP contribution in [-0.2, 0) is 21.6 Å². The normalized spacial score (nSPS) is 34.6. The molecular formula is C12H13NO3. The van der Waals surface area contributed by atoms with E-state index >= 15 is 0 Å². The maximum atomic E-state index is 11.6. The fourth-order valence-electron chi connectivity index (χ4n) is 2.87. The van der Waals surface area contributed by atoms with Gasteiger partial charge in [-0.1, -0.05) is 24.3 Å². The van der Waals surface area contributed by atoms with E-state index < -0.39 is 0 Å². The van der Waals surface area contributed by atoms with E-state index in [0.29, 0.717) is 19.8 Å². The third kappa shape index (κ3) is 0.865. The molecule has 0 aromatic heterocycles. The molecule has 4 heteroatoms. The molecule has 0 aliphatic carbocycles. The number of benzene rings is 1. The van der Waals surface area contributed by atoms with Crippen LogP contribution in [0.2, 0.25) is 0 Å². The first-order valence-corrected chi connectivity index (χ1v) is 5.47. The van der Waals surface area contributed by atoms with Crippen molar-refractivity contribution in [1.29, 1.82) is 0 Å². The molecule has 4 rings (SSSR count). The Kier molecular flexibility index (Phi) is 1.38. The molecule has 2 atom stereocenters. The molecule has 1 aromatic rings. The van der Waals surface area contributed by atoms with Crippen LogP contribution in [0.25, 0.3) is 0 Å². The Morgan fingerprint density at radius 1 is 1.44 bits per heavy atom. The van der Waals surface area contributed by atoms with E-state index in [-0.39, 0.29) is 19.2 Å². The van der Waals surface area contributed by atoms with Crippen molar-refractivity contribution in [2.24, 2.45) is 0 Å². The van der Waals surface area contributed by atoms with Crippen molar-refractivity contribution in [1.82, 2.24) is 4.90 Å². The number of epoxide rings is 1. The lowest BCUT2D eigenvalue weighted by atomic mass is 9.84. The first-order valence-electron chi connectivity index (χ1n) is 5.47. The number of fused-ring (bicyclic) bond motifs is 4. The van der Waals surface area contributed by atoms with Crippen molar-refractivity contribution in [3.63, 3.8) is 0 Å². The highest BCUT2D eigenvalue weighted by Crippen LogP contribution is 2.50. The van der Waals surface area contributed by atoms with Crippen molar-refractivity contribution in [3.05, 3.63) is 35.4 Å². The van der Waals surface area contributed by atoms with E-state index in [1.165, 1.54) is 11.1 Å². The Hall–Kier alpha value is -1.55. The van der Waals surface area contributed by atoms with Gasteiger partial charge in [-0.2, -0.15) is 0 Å². The van der Waals surface area contributed by atoms with Gasteiger partial charge in [0, 0.05) is 7.97 Å². The summed E-state index contributed by atoms with van der Waals surface area (Å²) in [5, 5.41) is 0. The molecule has 0 saturated carbocycles. The van der Waals surface area contributed by atoms with E-state index in [0.717, 1.165) is 0 Å². The summed E-state index contributed by atoms with van der Waals surface area (Å²) >= 11 is 0.